The first-order chi connectivity index (χ1) is 9.56. The lowest BCUT2D eigenvalue weighted by Crippen LogP contribution is -2.44. The number of aliphatic carboxylic acids is 1. The van der Waals surface area contributed by atoms with Gasteiger partial charge in [-0.05, 0) is 0 Å². The Kier molecular flexibility index (Phi) is 5.03. The summed E-state index contributed by atoms with van der Waals surface area (Å²) in [6.07, 6.45) is -1.24. The van der Waals surface area contributed by atoms with Crippen LogP contribution >= 0.6 is 0 Å². The van der Waals surface area contributed by atoms with Crippen molar-refractivity contribution in [3.63, 3.8) is 0 Å². The summed E-state index contributed by atoms with van der Waals surface area (Å²) in [4.78, 5) is 49.0. The Hall–Kier alpha value is -2.42. The molecule has 3 N–H and O–H groups in total. The first kappa shape index (κ1) is 16.6. The molecule has 0 amide bonds. The number of hydrogen-bond donors (Lipinski definition) is 3. The topological polar surface area (TPSA) is 129 Å². The van der Waals surface area contributed by atoms with Crippen molar-refractivity contribution in [1.29, 1.82) is 0 Å². The first-order valence-electron chi connectivity index (χ1n) is 6.14. The summed E-state index contributed by atoms with van der Waals surface area (Å²) >= 11 is 0. The van der Waals surface area contributed by atoms with E-state index in [-0.39, 0.29) is 18.7 Å². The molecule has 9 nitrogen and oxygen atoms in total. The number of likely N-dealkylation sites (N-methyl/N-ethyl adjacent to an activating group) is 1. The van der Waals surface area contributed by atoms with Crippen LogP contribution in [0.1, 0.15) is 16.9 Å². The molecule has 0 fully saturated rings. The average Bonchev–Trinajstić information content (AvgIpc) is 2.23. The van der Waals surface area contributed by atoms with Gasteiger partial charge in [0.15, 0.2) is 6.10 Å². The number of nitrogens with zero attached hydrogens (tertiary/aromatic N) is 1. The molecular formula is C12H18N3O6+. The SMILES string of the molecule is C[N+](C)(C)C[C@H](CC(=O)O)OC(=O)c1cc(=O)[nH]c(=O)[nH]1. The van der Waals surface area contributed by atoms with Gasteiger partial charge in [-0.25, -0.2) is 9.59 Å². The molecule has 1 atom stereocenters. The van der Waals surface area contributed by atoms with Crippen molar-refractivity contribution in [3.8, 4) is 0 Å². The maximum absolute atomic E-state index is 11.9. The number of H-pyrrole nitrogens is 2. The van der Waals surface area contributed by atoms with Gasteiger partial charge in [-0.3, -0.25) is 14.6 Å². The standard InChI is InChI=1S/C12H17N3O6/c1-15(2,3)6-7(4-10(17)18)21-11(19)8-5-9(16)14-12(20)13-8/h5,7H,4,6H2,1-3H3,(H2-,13,14,16,17,18,20)/p+1/t7-/m0/s1. The minimum Gasteiger partial charge on any atom is -0.481 e. The molecule has 1 aromatic heterocycles. The molecule has 0 aliphatic heterocycles. The molecule has 1 aromatic rings. The highest BCUT2D eigenvalue weighted by Gasteiger charge is 2.25. The normalized spacial score (nSPS) is 12.7. The highest BCUT2D eigenvalue weighted by molar-refractivity contribution is 5.87. The second-order valence-corrected chi connectivity index (χ2v) is 5.60. The molecule has 0 saturated carbocycles. The van der Waals surface area contributed by atoms with Gasteiger partial charge in [0.1, 0.15) is 12.2 Å². The number of ether oxygens (including phenoxy) is 1. The summed E-state index contributed by atoms with van der Waals surface area (Å²) in [6.45, 7) is 0.269. The zero-order valence-corrected chi connectivity index (χ0v) is 12.0. The largest absolute Gasteiger partial charge is 0.481 e. The molecule has 21 heavy (non-hydrogen) atoms. The van der Waals surface area contributed by atoms with E-state index in [4.69, 9.17) is 9.84 Å². The number of rotatable bonds is 6. The van der Waals surface area contributed by atoms with Gasteiger partial charge in [0.25, 0.3) is 5.56 Å². The molecule has 0 aromatic carbocycles. The van der Waals surface area contributed by atoms with Crippen molar-refractivity contribution in [2.45, 2.75) is 12.5 Å². The Balaban J connectivity index is 2.91. The van der Waals surface area contributed by atoms with E-state index < -0.39 is 29.3 Å². The smallest absolute Gasteiger partial charge is 0.355 e. The Morgan fingerprint density at radius 1 is 1.29 bits per heavy atom. The van der Waals surface area contributed by atoms with Crippen molar-refractivity contribution in [1.82, 2.24) is 9.97 Å². The van der Waals surface area contributed by atoms with E-state index in [0.29, 0.717) is 4.48 Å². The third-order valence-electron chi connectivity index (χ3n) is 2.41. The average molecular weight is 300 g/mol. The van der Waals surface area contributed by atoms with Crippen LogP contribution in [0, 0.1) is 0 Å². The number of aromatic amines is 2. The molecule has 0 unspecified atom stereocenters. The zero-order chi connectivity index (χ0) is 16.2. The highest BCUT2D eigenvalue weighted by Crippen LogP contribution is 2.07. The quantitative estimate of drug-likeness (QED) is 0.445. The van der Waals surface area contributed by atoms with E-state index in [2.05, 4.69) is 4.98 Å². The number of quaternary nitrogens is 1. The summed E-state index contributed by atoms with van der Waals surface area (Å²) in [5.41, 5.74) is -1.90. The number of carbonyl (C=O) groups is 2. The lowest BCUT2D eigenvalue weighted by atomic mass is 10.2. The van der Waals surface area contributed by atoms with Gasteiger partial charge in [-0.1, -0.05) is 0 Å². The minimum atomic E-state index is -1.11. The number of esters is 1. The van der Waals surface area contributed by atoms with Crippen LogP contribution in [0.5, 0.6) is 0 Å². The van der Waals surface area contributed by atoms with Crippen LogP contribution in [0.15, 0.2) is 15.7 Å². The maximum atomic E-state index is 11.9. The Morgan fingerprint density at radius 2 is 1.90 bits per heavy atom. The second-order valence-electron chi connectivity index (χ2n) is 5.60. The van der Waals surface area contributed by atoms with E-state index in [1.54, 1.807) is 0 Å². The van der Waals surface area contributed by atoms with Gasteiger partial charge in [0.2, 0.25) is 0 Å². The van der Waals surface area contributed by atoms with Gasteiger partial charge >= 0.3 is 17.6 Å². The number of hydrogen-bond acceptors (Lipinski definition) is 5. The van der Waals surface area contributed by atoms with Crippen molar-refractivity contribution in [3.05, 3.63) is 32.6 Å². The van der Waals surface area contributed by atoms with E-state index in [1.165, 1.54) is 0 Å². The number of nitrogens with one attached hydrogen (secondary N) is 2. The summed E-state index contributed by atoms with van der Waals surface area (Å²) < 4.78 is 5.46. The molecule has 116 valence electrons. The van der Waals surface area contributed by atoms with Crippen molar-refractivity contribution in [2.24, 2.45) is 0 Å². The van der Waals surface area contributed by atoms with E-state index in [1.807, 2.05) is 26.1 Å². The zero-order valence-electron chi connectivity index (χ0n) is 12.0. The second kappa shape index (κ2) is 6.35. The Bertz CT molecular complexity index is 611. The summed E-state index contributed by atoms with van der Waals surface area (Å²) in [7, 11) is 5.45. The maximum Gasteiger partial charge on any atom is 0.355 e. The minimum absolute atomic E-state index is 0.269. The molecular weight excluding hydrogens is 282 g/mol. The van der Waals surface area contributed by atoms with Gasteiger partial charge in [-0.2, -0.15) is 0 Å². The molecule has 0 saturated heterocycles. The predicted molar refractivity (Wildman–Crippen MR) is 72.0 cm³/mol. The monoisotopic (exact) mass is 300 g/mol. The van der Waals surface area contributed by atoms with Crippen LogP contribution in [0.3, 0.4) is 0 Å². The summed E-state index contributed by atoms with van der Waals surface area (Å²) in [6, 6.07) is 0.882. The third-order valence-corrected chi connectivity index (χ3v) is 2.41. The van der Waals surface area contributed by atoms with Crippen molar-refractivity contribution in [2.75, 3.05) is 27.7 Å². The number of aromatic nitrogens is 2. The van der Waals surface area contributed by atoms with Crippen molar-refractivity contribution >= 4 is 11.9 Å². The first-order valence-corrected chi connectivity index (χ1v) is 6.14. The number of carbonyl (C=O) groups excluding carboxylic acids is 1. The van der Waals surface area contributed by atoms with Crippen LogP contribution in [0.2, 0.25) is 0 Å². The van der Waals surface area contributed by atoms with E-state index >= 15 is 0 Å². The molecule has 0 spiro atoms. The fourth-order valence-corrected chi connectivity index (χ4v) is 1.74. The van der Waals surface area contributed by atoms with E-state index in [0.717, 1.165) is 6.07 Å². The molecule has 0 radical (unpaired) electrons. The lowest BCUT2D eigenvalue weighted by molar-refractivity contribution is -0.873. The fourth-order valence-electron chi connectivity index (χ4n) is 1.74. The fraction of sp³-hybridized carbons (Fsp3) is 0.500. The predicted octanol–water partition coefficient (Wildman–Crippen LogP) is -1.23. The molecule has 9 heteroatoms. The number of carboxylic acids is 1. The molecule has 0 bridgehead atoms. The van der Waals surface area contributed by atoms with Gasteiger partial charge in [0, 0.05) is 6.07 Å². The van der Waals surface area contributed by atoms with Crippen LogP contribution in [0.25, 0.3) is 0 Å². The third kappa shape index (κ3) is 6.04. The van der Waals surface area contributed by atoms with Gasteiger partial charge in [0.05, 0.1) is 27.6 Å². The van der Waals surface area contributed by atoms with Crippen LogP contribution in [0.4, 0.5) is 0 Å². The van der Waals surface area contributed by atoms with Gasteiger partial charge in [-0.15, -0.1) is 0 Å². The van der Waals surface area contributed by atoms with Crippen LogP contribution < -0.4 is 11.2 Å². The van der Waals surface area contributed by atoms with Gasteiger partial charge < -0.3 is 19.3 Å². The Morgan fingerprint density at radius 3 is 2.38 bits per heavy atom. The molecule has 0 aliphatic rings. The van der Waals surface area contributed by atoms with E-state index in [9.17, 15) is 19.2 Å². The van der Waals surface area contributed by atoms with Crippen molar-refractivity contribution < 1.29 is 23.9 Å². The molecule has 1 rings (SSSR count). The van der Waals surface area contributed by atoms with Crippen LogP contribution in [-0.4, -0.2) is 65.3 Å². The summed E-state index contributed by atoms with van der Waals surface area (Å²) in [5.74, 6) is -2.06. The summed E-state index contributed by atoms with van der Waals surface area (Å²) in [5, 5.41) is 8.84. The lowest BCUT2D eigenvalue weighted by Gasteiger charge is -2.28. The highest BCUT2D eigenvalue weighted by atomic mass is 16.5. The number of carboxylic acid groups (broad SMARTS) is 1. The molecule has 1 heterocycles. The van der Waals surface area contributed by atoms with Crippen LogP contribution in [-0.2, 0) is 9.53 Å². The Labute approximate surface area is 119 Å². The molecule has 0 aliphatic carbocycles.